The van der Waals surface area contributed by atoms with E-state index in [0.29, 0.717) is 29.5 Å². The number of carbonyl (C=O) groups excluding carboxylic acids is 2. The molecule has 12 heteroatoms. The maximum absolute atomic E-state index is 14.0. The van der Waals surface area contributed by atoms with E-state index in [2.05, 4.69) is 5.32 Å². The second-order valence-corrected chi connectivity index (χ2v) is 11.6. The van der Waals surface area contributed by atoms with Crippen LogP contribution in [0.1, 0.15) is 25.8 Å². The topological polar surface area (TPSA) is 105 Å². The van der Waals surface area contributed by atoms with Crippen LogP contribution in [0.4, 0.5) is 10.1 Å². The summed E-state index contributed by atoms with van der Waals surface area (Å²) in [7, 11) is -4.36. The van der Waals surface area contributed by atoms with Crippen molar-refractivity contribution in [1.29, 1.82) is 0 Å². The molecular formula is C29H31ClFN3O6S. The van der Waals surface area contributed by atoms with Gasteiger partial charge in [0.15, 0.2) is 11.5 Å². The number of halogens is 2. The molecule has 9 nitrogen and oxygen atoms in total. The van der Waals surface area contributed by atoms with E-state index in [-0.39, 0.29) is 41.8 Å². The fourth-order valence-electron chi connectivity index (χ4n) is 4.45. The molecule has 0 saturated heterocycles. The number of likely N-dealkylation sites (N-methyl/N-ethyl adjacent to an activating group) is 1. The minimum Gasteiger partial charge on any atom is -0.486 e. The summed E-state index contributed by atoms with van der Waals surface area (Å²) in [5.41, 5.74) is 0.778. The number of hydrogen-bond donors (Lipinski definition) is 1. The van der Waals surface area contributed by atoms with Crippen LogP contribution in [0.3, 0.4) is 0 Å². The average Bonchev–Trinajstić information content (AvgIpc) is 2.97. The van der Waals surface area contributed by atoms with E-state index in [1.807, 2.05) is 0 Å². The molecule has 0 bridgehead atoms. The molecule has 0 aromatic heterocycles. The molecular weight excluding hydrogens is 573 g/mol. The van der Waals surface area contributed by atoms with Gasteiger partial charge in [-0.25, -0.2) is 12.8 Å². The standard InChI is InChI=1S/C29H31ClFN3O6S/c1-3-25(29(36)32-4-2)33(18-20-5-7-21(30)8-6-20)28(35)19-34(23-11-9-22(31)10-12-23)41(37,38)24-13-14-26-27(17-24)40-16-15-39-26/h5-14,17,25H,3-4,15-16,18-19H2,1-2H3,(H,32,36)/t25-/m0/s1. The van der Waals surface area contributed by atoms with Gasteiger partial charge in [-0.1, -0.05) is 30.7 Å². The summed E-state index contributed by atoms with van der Waals surface area (Å²) in [4.78, 5) is 28.2. The number of carbonyl (C=O) groups is 2. The van der Waals surface area contributed by atoms with Gasteiger partial charge < -0.3 is 19.7 Å². The Bertz CT molecular complexity index is 1490. The predicted molar refractivity (Wildman–Crippen MR) is 153 cm³/mol. The number of sulfonamides is 1. The highest BCUT2D eigenvalue weighted by atomic mass is 35.5. The first-order valence-corrected chi connectivity index (χ1v) is 15.0. The molecule has 0 spiro atoms. The average molecular weight is 604 g/mol. The Balaban J connectivity index is 1.74. The summed E-state index contributed by atoms with van der Waals surface area (Å²) in [5.74, 6) is -0.886. The molecule has 0 saturated carbocycles. The zero-order valence-corrected chi connectivity index (χ0v) is 24.3. The van der Waals surface area contributed by atoms with Crippen molar-refractivity contribution in [2.24, 2.45) is 0 Å². The zero-order valence-electron chi connectivity index (χ0n) is 22.7. The van der Waals surface area contributed by atoms with Gasteiger partial charge in [0.2, 0.25) is 11.8 Å². The van der Waals surface area contributed by atoms with Crippen LogP contribution in [-0.4, -0.2) is 57.5 Å². The van der Waals surface area contributed by atoms with Crippen molar-refractivity contribution in [2.75, 3.05) is 30.6 Å². The number of ether oxygens (including phenoxy) is 2. The van der Waals surface area contributed by atoms with E-state index in [4.69, 9.17) is 21.1 Å². The molecule has 0 fully saturated rings. The number of nitrogens with one attached hydrogen (secondary N) is 1. The zero-order chi connectivity index (χ0) is 29.6. The third kappa shape index (κ3) is 7.09. The molecule has 1 aliphatic rings. The molecule has 1 atom stereocenters. The highest BCUT2D eigenvalue weighted by molar-refractivity contribution is 7.92. The second kappa shape index (κ2) is 13.2. The number of nitrogens with zero attached hydrogens (tertiary/aromatic N) is 2. The number of anilines is 1. The lowest BCUT2D eigenvalue weighted by Gasteiger charge is -2.33. The van der Waals surface area contributed by atoms with Crippen LogP contribution < -0.4 is 19.1 Å². The summed E-state index contributed by atoms with van der Waals surface area (Å²) in [5, 5.41) is 3.26. The van der Waals surface area contributed by atoms with Crippen LogP contribution in [0.5, 0.6) is 11.5 Å². The van der Waals surface area contributed by atoms with Crippen LogP contribution in [0.25, 0.3) is 0 Å². The van der Waals surface area contributed by atoms with E-state index in [9.17, 15) is 22.4 Å². The van der Waals surface area contributed by atoms with Crippen LogP contribution >= 0.6 is 11.6 Å². The van der Waals surface area contributed by atoms with Gasteiger partial charge in [-0.3, -0.25) is 13.9 Å². The van der Waals surface area contributed by atoms with Crippen LogP contribution in [-0.2, 0) is 26.2 Å². The summed E-state index contributed by atoms with van der Waals surface area (Å²) in [6.07, 6.45) is 0.288. The van der Waals surface area contributed by atoms with Gasteiger partial charge in [0.1, 0.15) is 31.6 Å². The Morgan fingerprint density at radius 2 is 1.63 bits per heavy atom. The van der Waals surface area contributed by atoms with Gasteiger partial charge in [0, 0.05) is 24.2 Å². The first-order valence-electron chi connectivity index (χ1n) is 13.1. The molecule has 0 aliphatic carbocycles. The Labute approximate surface area is 243 Å². The van der Waals surface area contributed by atoms with Gasteiger partial charge >= 0.3 is 0 Å². The molecule has 1 heterocycles. The van der Waals surface area contributed by atoms with Gasteiger partial charge in [-0.2, -0.15) is 0 Å². The fourth-order valence-corrected chi connectivity index (χ4v) is 6.00. The Kier molecular flexibility index (Phi) is 9.72. The third-order valence-electron chi connectivity index (χ3n) is 6.50. The highest BCUT2D eigenvalue weighted by Gasteiger charge is 2.34. The molecule has 3 aromatic carbocycles. The van der Waals surface area contributed by atoms with Crippen molar-refractivity contribution >= 4 is 39.1 Å². The highest BCUT2D eigenvalue weighted by Crippen LogP contribution is 2.34. The first kappa shape index (κ1) is 30.1. The minimum absolute atomic E-state index is 0.0347. The lowest BCUT2D eigenvalue weighted by atomic mass is 10.1. The number of hydrogen-bond acceptors (Lipinski definition) is 6. The molecule has 0 unspecified atom stereocenters. The van der Waals surface area contributed by atoms with Crippen molar-refractivity contribution in [1.82, 2.24) is 10.2 Å². The number of fused-ring (bicyclic) bond motifs is 1. The smallest absolute Gasteiger partial charge is 0.264 e. The monoisotopic (exact) mass is 603 g/mol. The SMILES string of the molecule is CCNC(=O)[C@H](CC)N(Cc1ccc(Cl)cc1)C(=O)CN(c1ccc(F)cc1)S(=O)(=O)c1ccc2c(c1)OCCO2. The summed E-state index contributed by atoms with van der Waals surface area (Å²) in [6.45, 7) is 3.88. The largest absolute Gasteiger partial charge is 0.486 e. The summed E-state index contributed by atoms with van der Waals surface area (Å²) < 4.78 is 53.8. The van der Waals surface area contributed by atoms with E-state index < -0.39 is 34.3 Å². The Hall–Kier alpha value is -3.83. The first-order chi connectivity index (χ1) is 19.6. The van der Waals surface area contributed by atoms with Gasteiger partial charge in [-0.05, 0) is 67.4 Å². The Morgan fingerprint density at radius 1 is 0.976 bits per heavy atom. The number of amides is 2. The van der Waals surface area contributed by atoms with Crippen LogP contribution in [0.2, 0.25) is 5.02 Å². The summed E-state index contributed by atoms with van der Waals surface area (Å²) in [6, 6.07) is 14.9. The second-order valence-electron chi connectivity index (χ2n) is 9.26. The van der Waals surface area contributed by atoms with E-state index >= 15 is 0 Å². The molecule has 41 heavy (non-hydrogen) atoms. The van der Waals surface area contributed by atoms with Crippen molar-refractivity contribution in [2.45, 2.75) is 37.8 Å². The number of benzene rings is 3. The van der Waals surface area contributed by atoms with E-state index in [1.54, 1.807) is 38.1 Å². The third-order valence-corrected chi connectivity index (χ3v) is 8.52. The van der Waals surface area contributed by atoms with Crippen molar-refractivity contribution < 1.29 is 31.9 Å². The normalized spacial score (nSPS) is 13.3. The number of rotatable bonds is 11. The quantitative estimate of drug-likeness (QED) is 0.349. The maximum Gasteiger partial charge on any atom is 0.264 e. The van der Waals surface area contributed by atoms with Gasteiger partial charge in [0.05, 0.1) is 10.6 Å². The lowest BCUT2D eigenvalue weighted by Crippen LogP contribution is -2.52. The maximum atomic E-state index is 14.0. The molecule has 4 rings (SSSR count). The predicted octanol–water partition coefficient (Wildman–Crippen LogP) is 4.39. The molecule has 0 radical (unpaired) electrons. The lowest BCUT2D eigenvalue weighted by molar-refractivity contribution is -0.140. The molecule has 3 aromatic rings. The van der Waals surface area contributed by atoms with Crippen LogP contribution in [0, 0.1) is 5.82 Å². The van der Waals surface area contributed by atoms with E-state index in [1.165, 1.54) is 35.2 Å². The summed E-state index contributed by atoms with van der Waals surface area (Å²) >= 11 is 6.03. The van der Waals surface area contributed by atoms with Gasteiger partial charge in [-0.15, -0.1) is 0 Å². The molecule has 218 valence electrons. The minimum atomic E-state index is -4.36. The molecule has 2 amide bonds. The van der Waals surface area contributed by atoms with Crippen molar-refractivity contribution in [3.05, 3.63) is 83.1 Å². The van der Waals surface area contributed by atoms with E-state index in [0.717, 1.165) is 16.4 Å². The van der Waals surface area contributed by atoms with Crippen LogP contribution in [0.15, 0.2) is 71.6 Å². The molecule has 1 N–H and O–H groups in total. The van der Waals surface area contributed by atoms with Crippen molar-refractivity contribution in [3.8, 4) is 11.5 Å². The van der Waals surface area contributed by atoms with Crippen molar-refractivity contribution in [3.63, 3.8) is 0 Å². The Morgan fingerprint density at radius 3 is 2.27 bits per heavy atom. The fraction of sp³-hybridized carbons (Fsp3) is 0.310. The van der Waals surface area contributed by atoms with Gasteiger partial charge in [0.25, 0.3) is 10.0 Å². The molecule has 1 aliphatic heterocycles.